The van der Waals surface area contributed by atoms with Crippen molar-refractivity contribution in [2.45, 2.75) is 51.8 Å². The van der Waals surface area contributed by atoms with Gasteiger partial charge in [0.05, 0.1) is 23.8 Å². The molecule has 25 heavy (non-hydrogen) atoms. The Balaban J connectivity index is 2.36. The molecular weight excluding hydrogens is 338 g/mol. The van der Waals surface area contributed by atoms with Crippen LogP contribution in [0.3, 0.4) is 0 Å². The lowest BCUT2D eigenvalue weighted by atomic mass is 10.0. The molecule has 1 aromatic carbocycles. The summed E-state index contributed by atoms with van der Waals surface area (Å²) in [6.07, 6.45) is -0.150. The third-order valence-corrected chi connectivity index (χ3v) is 5.32. The average Bonchev–Trinajstić information content (AvgIpc) is 2.84. The highest BCUT2D eigenvalue weighted by molar-refractivity contribution is 7.90. The Kier molecular flexibility index (Phi) is 5.92. The molecule has 136 valence electrons. The molecule has 0 aliphatic rings. The summed E-state index contributed by atoms with van der Waals surface area (Å²) in [4.78, 5) is 11.3. The number of nitrogens with one attached hydrogen (secondary N) is 1. The number of carbonyl (C=O) groups is 1. The largest absolute Gasteiger partial charge is 0.598 e. The zero-order chi connectivity index (χ0) is 18.8. The average molecular weight is 363 g/mol. The summed E-state index contributed by atoms with van der Waals surface area (Å²) in [6.45, 7) is 9.43. The molecule has 0 saturated heterocycles. The van der Waals surface area contributed by atoms with Crippen molar-refractivity contribution in [1.29, 1.82) is 0 Å². The molecule has 0 bridgehead atoms. The van der Waals surface area contributed by atoms with E-state index in [-0.39, 0.29) is 6.42 Å². The third kappa shape index (κ3) is 5.07. The smallest absolute Gasteiger partial charge is 0.305 e. The van der Waals surface area contributed by atoms with Gasteiger partial charge in [0.15, 0.2) is 0 Å². The predicted octanol–water partition coefficient (Wildman–Crippen LogP) is 3.06. The standard InChI is InChI=1S/C18H25N3O3S/c1-12-9-13(2)21(19-12)15-8-6-7-14(10-15)16(11-17(22)23)20-25(24)18(3,4)5/h6-10,16,20H,11H2,1-5H3,(H,22,23)/t16?,25-/m1/s1. The Bertz CT molecular complexity index is 752. The lowest BCUT2D eigenvalue weighted by molar-refractivity contribution is -0.137. The fourth-order valence-electron chi connectivity index (χ4n) is 2.47. The highest BCUT2D eigenvalue weighted by atomic mass is 32.2. The van der Waals surface area contributed by atoms with Crippen LogP contribution < -0.4 is 4.72 Å². The number of carboxylic acids is 1. The quantitative estimate of drug-likeness (QED) is 0.770. The van der Waals surface area contributed by atoms with Crippen molar-refractivity contribution in [3.63, 3.8) is 0 Å². The molecule has 0 spiro atoms. The van der Waals surface area contributed by atoms with Crippen molar-refractivity contribution in [2.24, 2.45) is 0 Å². The Labute approximate surface area is 151 Å². The number of rotatable bonds is 6. The van der Waals surface area contributed by atoms with Crippen LogP contribution in [0.15, 0.2) is 30.3 Å². The molecule has 1 unspecified atom stereocenters. The number of aliphatic carboxylic acids is 1. The first-order valence-corrected chi connectivity index (χ1v) is 9.26. The zero-order valence-corrected chi connectivity index (χ0v) is 16.1. The van der Waals surface area contributed by atoms with Crippen LogP contribution in [0.25, 0.3) is 5.69 Å². The molecule has 2 N–H and O–H groups in total. The monoisotopic (exact) mass is 363 g/mol. The van der Waals surface area contributed by atoms with Crippen molar-refractivity contribution in [1.82, 2.24) is 14.5 Å². The summed E-state index contributed by atoms with van der Waals surface area (Å²) in [6, 6.07) is 8.94. The molecule has 2 aromatic rings. The highest BCUT2D eigenvalue weighted by Gasteiger charge is 2.31. The van der Waals surface area contributed by atoms with Crippen LogP contribution in [0.1, 0.15) is 50.2 Å². The topological polar surface area (TPSA) is 90.2 Å². The molecule has 1 heterocycles. The van der Waals surface area contributed by atoms with Crippen LogP contribution in [0, 0.1) is 13.8 Å². The minimum Gasteiger partial charge on any atom is -0.598 e. The molecule has 2 rings (SSSR count). The summed E-state index contributed by atoms with van der Waals surface area (Å²) in [5, 5.41) is 13.7. The fraction of sp³-hybridized carbons (Fsp3) is 0.444. The van der Waals surface area contributed by atoms with Crippen molar-refractivity contribution >= 4 is 17.3 Å². The van der Waals surface area contributed by atoms with E-state index in [1.807, 2.05) is 69.6 Å². The van der Waals surface area contributed by atoms with E-state index in [1.54, 1.807) is 0 Å². The number of aromatic nitrogens is 2. The van der Waals surface area contributed by atoms with Gasteiger partial charge in [0.2, 0.25) is 0 Å². The molecular formula is C18H25N3O3S. The molecule has 2 atom stereocenters. The van der Waals surface area contributed by atoms with Crippen molar-refractivity contribution < 1.29 is 14.5 Å². The van der Waals surface area contributed by atoms with Gasteiger partial charge in [-0.1, -0.05) is 12.1 Å². The van der Waals surface area contributed by atoms with Crippen LogP contribution in [0.2, 0.25) is 0 Å². The van der Waals surface area contributed by atoms with Gasteiger partial charge >= 0.3 is 5.97 Å². The van der Waals surface area contributed by atoms with Gasteiger partial charge in [-0.25, -0.2) is 4.68 Å². The van der Waals surface area contributed by atoms with Crippen molar-refractivity contribution in [3.05, 3.63) is 47.3 Å². The van der Waals surface area contributed by atoms with Gasteiger partial charge in [0.1, 0.15) is 4.75 Å². The maximum Gasteiger partial charge on any atom is 0.305 e. The molecule has 0 saturated carbocycles. The number of aryl methyl sites for hydroxylation is 2. The number of hydrogen-bond donors (Lipinski definition) is 2. The second kappa shape index (κ2) is 7.59. The maximum atomic E-state index is 12.4. The summed E-state index contributed by atoms with van der Waals surface area (Å²) in [5.41, 5.74) is 3.53. The molecule has 6 nitrogen and oxygen atoms in total. The van der Waals surface area contributed by atoms with Crippen molar-refractivity contribution in [3.8, 4) is 5.69 Å². The van der Waals surface area contributed by atoms with Crippen LogP contribution >= 0.6 is 0 Å². The Hall–Kier alpha value is -1.83. The summed E-state index contributed by atoms with van der Waals surface area (Å²) >= 11 is -1.37. The van der Waals surface area contributed by atoms with Gasteiger partial charge in [-0.2, -0.15) is 5.10 Å². The van der Waals surface area contributed by atoms with E-state index in [2.05, 4.69) is 9.82 Å². The number of benzene rings is 1. The normalized spacial score (nSPS) is 14.3. The van der Waals surface area contributed by atoms with Gasteiger partial charge in [-0.15, -0.1) is 4.72 Å². The Morgan fingerprint density at radius 1 is 1.36 bits per heavy atom. The summed E-state index contributed by atoms with van der Waals surface area (Å²) in [5.74, 6) is -0.945. The zero-order valence-electron chi connectivity index (χ0n) is 15.2. The molecule has 0 aliphatic carbocycles. The number of hydrogen-bond acceptors (Lipinski definition) is 4. The molecule has 0 aliphatic heterocycles. The van der Waals surface area contributed by atoms with Gasteiger partial charge in [0, 0.05) is 17.1 Å². The van der Waals surface area contributed by atoms with E-state index in [9.17, 15) is 14.5 Å². The number of carboxylic acid groups (broad SMARTS) is 1. The van der Waals surface area contributed by atoms with E-state index in [1.165, 1.54) is 0 Å². The van der Waals surface area contributed by atoms with Crippen LogP contribution in [-0.4, -0.2) is 30.2 Å². The van der Waals surface area contributed by atoms with E-state index in [0.29, 0.717) is 0 Å². The molecule has 0 amide bonds. The summed E-state index contributed by atoms with van der Waals surface area (Å²) in [7, 11) is 0. The first-order valence-electron chi connectivity index (χ1n) is 8.11. The lowest BCUT2D eigenvalue weighted by Crippen LogP contribution is -2.41. The van der Waals surface area contributed by atoms with E-state index < -0.39 is 28.1 Å². The molecule has 0 radical (unpaired) electrons. The first-order chi connectivity index (χ1) is 11.6. The minimum absolute atomic E-state index is 0.150. The van der Waals surface area contributed by atoms with Gasteiger partial charge in [-0.3, -0.25) is 4.79 Å². The molecule has 7 heteroatoms. The fourth-order valence-corrected chi connectivity index (χ4v) is 3.30. The van der Waals surface area contributed by atoms with Crippen LogP contribution in [0.4, 0.5) is 0 Å². The highest BCUT2D eigenvalue weighted by Crippen LogP contribution is 2.24. The SMILES string of the molecule is Cc1cc(C)n(-c2cccc(C(CC(=O)O)N[S@+]([O-])C(C)(C)C)c2)n1. The van der Waals surface area contributed by atoms with Crippen LogP contribution in [0.5, 0.6) is 0 Å². The molecule has 1 aromatic heterocycles. The van der Waals surface area contributed by atoms with Crippen molar-refractivity contribution in [2.75, 3.05) is 0 Å². The Morgan fingerprint density at radius 2 is 2.04 bits per heavy atom. The van der Waals surface area contributed by atoms with Gasteiger partial charge < -0.3 is 9.66 Å². The van der Waals surface area contributed by atoms with E-state index in [4.69, 9.17) is 0 Å². The number of nitrogens with zero attached hydrogens (tertiary/aromatic N) is 2. The minimum atomic E-state index is -1.37. The Morgan fingerprint density at radius 3 is 2.56 bits per heavy atom. The first kappa shape index (κ1) is 19.5. The maximum absolute atomic E-state index is 12.4. The van der Waals surface area contributed by atoms with Gasteiger partial charge in [-0.05, 0) is 58.4 Å². The second-order valence-corrected chi connectivity index (χ2v) is 9.08. The lowest BCUT2D eigenvalue weighted by Gasteiger charge is -2.27. The van der Waals surface area contributed by atoms with Gasteiger partial charge in [0.25, 0.3) is 0 Å². The molecule has 0 fully saturated rings. The predicted molar refractivity (Wildman–Crippen MR) is 99.1 cm³/mol. The third-order valence-electron chi connectivity index (χ3n) is 3.71. The van der Waals surface area contributed by atoms with E-state index in [0.717, 1.165) is 22.6 Å². The summed E-state index contributed by atoms with van der Waals surface area (Å²) < 4.78 is 16.7. The second-order valence-electron chi connectivity index (χ2n) is 7.08. The van der Waals surface area contributed by atoms with Crippen LogP contribution in [-0.2, 0) is 16.2 Å². The van der Waals surface area contributed by atoms with E-state index >= 15 is 0 Å².